The molecule has 2 fully saturated rings. The van der Waals surface area contributed by atoms with Crippen LogP contribution in [0.5, 0.6) is 0 Å². The Labute approximate surface area is 156 Å². The summed E-state index contributed by atoms with van der Waals surface area (Å²) in [5.74, 6) is 0.382. The van der Waals surface area contributed by atoms with Crippen LogP contribution < -0.4 is 0 Å². The van der Waals surface area contributed by atoms with Crippen LogP contribution in [0.2, 0.25) is 0 Å². The molecule has 140 valence electrons. The Balaban J connectivity index is 1.63. The number of aryl methyl sites for hydroxylation is 2. The zero-order valence-corrected chi connectivity index (χ0v) is 16.4. The van der Waals surface area contributed by atoms with Crippen LogP contribution in [-0.4, -0.2) is 45.9 Å². The highest BCUT2D eigenvalue weighted by molar-refractivity contribution is 5.88. The first kappa shape index (κ1) is 17.6. The summed E-state index contributed by atoms with van der Waals surface area (Å²) < 4.78 is 0. The van der Waals surface area contributed by atoms with Gasteiger partial charge in [-0.05, 0) is 70.2 Å². The van der Waals surface area contributed by atoms with E-state index in [0.29, 0.717) is 5.91 Å². The van der Waals surface area contributed by atoms with E-state index in [0.717, 1.165) is 58.3 Å². The van der Waals surface area contributed by atoms with Crippen molar-refractivity contribution >= 4 is 16.8 Å². The highest BCUT2D eigenvalue weighted by Gasteiger charge is 2.50. The number of aromatic amines is 1. The number of fused-ring (bicyclic) bond motifs is 1. The van der Waals surface area contributed by atoms with Crippen molar-refractivity contribution in [1.82, 2.24) is 14.8 Å². The molecule has 2 saturated heterocycles. The second-order valence-corrected chi connectivity index (χ2v) is 8.23. The van der Waals surface area contributed by atoms with Gasteiger partial charge in [-0.15, -0.1) is 0 Å². The van der Waals surface area contributed by atoms with E-state index in [1.165, 1.54) is 27.7 Å². The fourth-order valence-electron chi connectivity index (χ4n) is 5.08. The molecular weight excluding hydrogens is 322 g/mol. The fourth-order valence-corrected chi connectivity index (χ4v) is 5.08. The molecule has 1 spiro atoms. The second kappa shape index (κ2) is 6.73. The summed E-state index contributed by atoms with van der Waals surface area (Å²) in [6.45, 7) is 10.2. The molecule has 26 heavy (non-hydrogen) atoms. The van der Waals surface area contributed by atoms with Crippen LogP contribution in [0.4, 0.5) is 0 Å². The van der Waals surface area contributed by atoms with Crippen molar-refractivity contribution in [3.8, 4) is 0 Å². The highest BCUT2D eigenvalue weighted by Crippen LogP contribution is 2.39. The van der Waals surface area contributed by atoms with E-state index in [4.69, 9.17) is 0 Å². The number of piperidine rings is 1. The quantitative estimate of drug-likeness (QED) is 0.897. The lowest BCUT2D eigenvalue weighted by atomic mass is 9.85. The minimum atomic E-state index is -0.257. The van der Waals surface area contributed by atoms with Crippen molar-refractivity contribution in [2.45, 2.75) is 65.0 Å². The maximum absolute atomic E-state index is 13.3. The lowest BCUT2D eigenvalue weighted by Gasteiger charge is -2.44. The summed E-state index contributed by atoms with van der Waals surface area (Å²) in [4.78, 5) is 21.5. The Bertz CT molecular complexity index is 822. The minimum Gasteiger partial charge on any atom is -0.357 e. The summed E-state index contributed by atoms with van der Waals surface area (Å²) in [6.07, 6.45) is 5.34. The zero-order valence-electron chi connectivity index (χ0n) is 16.4. The second-order valence-electron chi connectivity index (χ2n) is 8.23. The van der Waals surface area contributed by atoms with Crippen LogP contribution >= 0.6 is 0 Å². The van der Waals surface area contributed by atoms with Crippen molar-refractivity contribution in [3.05, 3.63) is 35.0 Å². The molecule has 0 radical (unpaired) electrons. The fraction of sp³-hybridized carbons (Fsp3) is 0.591. The number of likely N-dealkylation sites (tertiary alicyclic amines) is 2. The molecule has 0 bridgehead atoms. The first-order chi connectivity index (χ1) is 12.5. The van der Waals surface area contributed by atoms with Gasteiger partial charge < -0.3 is 9.88 Å². The molecular formula is C22H31N3O. The molecule has 3 heterocycles. The van der Waals surface area contributed by atoms with Crippen molar-refractivity contribution in [2.24, 2.45) is 0 Å². The molecule has 1 N–H and O–H groups in total. The number of carbonyl (C=O) groups is 1. The van der Waals surface area contributed by atoms with Gasteiger partial charge in [0.25, 0.3) is 0 Å². The van der Waals surface area contributed by atoms with E-state index in [-0.39, 0.29) is 5.54 Å². The van der Waals surface area contributed by atoms with Gasteiger partial charge in [0.05, 0.1) is 0 Å². The summed E-state index contributed by atoms with van der Waals surface area (Å²) >= 11 is 0. The highest BCUT2D eigenvalue weighted by atomic mass is 16.2. The smallest absolute Gasteiger partial charge is 0.243 e. The lowest BCUT2D eigenvalue weighted by Crippen LogP contribution is -2.59. The molecule has 0 saturated carbocycles. The Morgan fingerprint density at radius 3 is 2.69 bits per heavy atom. The monoisotopic (exact) mass is 353 g/mol. The minimum absolute atomic E-state index is 0.257. The molecule has 1 aromatic heterocycles. The van der Waals surface area contributed by atoms with Gasteiger partial charge in [0.15, 0.2) is 0 Å². The number of hydrogen-bond donors (Lipinski definition) is 1. The number of rotatable bonds is 4. The topological polar surface area (TPSA) is 39.3 Å². The molecule has 1 unspecified atom stereocenters. The van der Waals surface area contributed by atoms with Crippen LogP contribution in [0, 0.1) is 13.8 Å². The third-order valence-corrected chi connectivity index (χ3v) is 6.49. The van der Waals surface area contributed by atoms with Gasteiger partial charge in [-0.1, -0.05) is 18.6 Å². The van der Waals surface area contributed by atoms with E-state index in [2.05, 4.69) is 53.8 Å². The Morgan fingerprint density at radius 2 is 1.92 bits per heavy atom. The molecule has 0 aliphatic carbocycles. The molecule has 4 nitrogen and oxygen atoms in total. The van der Waals surface area contributed by atoms with Crippen molar-refractivity contribution in [1.29, 1.82) is 0 Å². The number of nitrogens with zero attached hydrogens (tertiary/aromatic N) is 2. The summed E-state index contributed by atoms with van der Waals surface area (Å²) in [5.41, 5.74) is 4.85. The predicted molar refractivity (Wildman–Crippen MR) is 106 cm³/mol. The molecule has 1 aromatic carbocycles. The number of aromatic nitrogens is 1. The van der Waals surface area contributed by atoms with E-state index in [1.807, 2.05) is 0 Å². The molecule has 2 aliphatic heterocycles. The number of hydrogen-bond acceptors (Lipinski definition) is 2. The first-order valence-corrected chi connectivity index (χ1v) is 10.2. The maximum Gasteiger partial charge on any atom is 0.243 e. The van der Waals surface area contributed by atoms with E-state index < -0.39 is 0 Å². The van der Waals surface area contributed by atoms with Gasteiger partial charge in [-0.2, -0.15) is 0 Å². The Kier molecular flexibility index (Phi) is 4.55. The van der Waals surface area contributed by atoms with Gasteiger partial charge in [0.2, 0.25) is 5.91 Å². The Morgan fingerprint density at radius 1 is 1.15 bits per heavy atom. The molecule has 4 heteroatoms. The van der Waals surface area contributed by atoms with Crippen LogP contribution in [0.3, 0.4) is 0 Å². The summed E-state index contributed by atoms with van der Waals surface area (Å²) in [7, 11) is 0. The predicted octanol–water partition coefficient (Wildman–Crippen LogP) is 4.15. The van der Waals surface area contributed by atoms with Gasteiger partial charge >= 0.3 is 0 Å². The van der Waals surface area contributed by atoms with E-state index in [9.17, 15) is 4.79 Å². The first-order valence-electron chi connectivity index (χ1n) is 10.2. The SMILES string of the molecule is CCCN1CCCC2(CCCN2Cc2[nH]c3ccc(C)cc3c2C)C1=O. The largest absolute Gasteiger partial charge is 0.357 e. The van der Waals surface area contributed by atoms with Gasteiger partial charge in [-0.25, -0.2) is 0 Å². The van der Waals surface area contributed by atoms with Gasteiger partial charge in [0, 0.05) is 36.2 Å². The number of H-pyrrole nitrogens is 1. The van der Waals surface area contributed by atoms with E-state index in [1.54, 1.807) is 0 Å². The van der Waals surface area contributed by atoms with Crippen LogP contribution in [0.15, 0.2) is 18.2 Å². The van der Waals surface area contributed by atoms with Crippen LogP contribution in [0.25, 0.3) is 10.9 Å². The van der Waals surface area contributed by atoms with Crippen molar-refractivity contribution in [2.75, 3.05) is 19.6 Å². The average Bonchev–Trinajstić information content (AvgIpc) is 3.16. The zero-order chi connectivity index (χ0) is 18.3. The van der Waals surface area contributed by atoms with Gasteiger partial charge in [0.1, 0.15) is 5.54 Å². The maximum atomic E-state index is 13.3. The van der Waals surface area contributed by atoms with Crippen molar-refractivity contribution < 1.29 is 4.79 Å². The summed E-state index contributed by atoms with van der Waals surface area (Å²) in [6, 6.07) is 6.60. The van der Waals surface area contributed by atoms with E-state index >= 15 is 0 Å². The van der Waals surface area contributed by atoms with Crippen LogP contribution in [0.1, 0.15) is 55.8 Å². The third-order valence-electron chi connectivity index (χ3n) is 6.49. The molecule has 1 amide bonds. The number of benzene rings is 1. The molecule has 2 aliphatic rings. The normalized spacial score (nSPS) is 24.3. The van der Waals surface area contributed by atoms with Gasteiger partial charge in [-0.3, -0.25) is 9.69 Å². The molecule has 1 atom stereocenters. The number of nitrogens with one attached hydrogen (secondary N) is 1. The number of amides is 1. The average molecular weight is 354 g/mol. The standard InChI is InChI=1S/C22H31N3O/c1-4-11-24-12-5-9-22(21(24)26)10-6-13-25(22)15-20-17(3)18-14-16(2)7-8-19(18)23-20/h7-8,14,23H,4-6,9-13,15H2,1-3H3. The molecule has 4 rings (SSSR count). The lowest BCUT2D eigenvalue weighted by molar-refractivity contribution is -0.147. The van der Waals surface area contributed by atoms with Crippen molar-refractivity contribution in [3.63, 3.8) is 0 Å². The Hall–Kier alpha value is -1.81. The number of carbonyl (C=O) groups excluding carboxylic acids is 1. The molecule has 2 aromatic rings. The van der Waals surface area contributed by atoms with Crippen LogP contribution in [-0.2, 0) is 11.3 Å². The summed E-state index contributed by atoms with van der Waals surface area (Å²) in [5, 5.41) is 1.32. The third kappa shape index (κ3) is 2.75.